The van der Waals surface area contributed by atoms with Crippen LogP contribution in [0.1, 0.15) is 24.6 Å². The molecule has 3 heterocycles. The van der Waals surface area contributed by atoms with Gasteiger partial charge in [0.2, 0.25) is 0 Å². The van der Waals surface area contributed by atoms with Crippen molar-refractivity contribution in [3.05, 3.63) is 34.7 Å². The van der Waals surface area contributed by atoms with Crippen LogP contribution >= 0.6 is 15.9 Å². The van der Waals surface area contributed by atoms with Crippen LogP contribution < -0.4 is 0 Å². The van der Waals surface area contributed by atoms with E-state index in [0.29, 0.717) is 6.04 Å². The van der Waals surface area contributed by atoms with E-state index in [0.717, 1.165) is 10.1 Å². The summed E-state index contributed by atoms with van der Waals surface area (Å²) in [4.78, 5) is 7.10. The fourth-order valence-corrected chi connectivity index (χ4v) is 2.89. The number of fused-ring (bicyclic) bond motifs is 1. The number of aromatic nitrogens is 2. The summed E-state index contributed by atoms with van der Waals surface area (Å²) in [6.45, 7) is 1.18. The van der Waals surface area contributed by atoms with E-state index in [9.17, 15) is 0 Å². The first-order valence-electron chi connectivity index (χ1n) is 5.59. The Kier molecular flexibility index (Phi) is 2.48. The van der Waals surface area contributed by atoms with Crippen molar-refractivity contribution < 1.29 is 0 Å². The number of imidazole rings is 1. The minimum absolute atomic E-state index is 0.492. The maximum Gasteiger partial charge on any atom is 0.151 e. The molecule has 4 heteroatoms. The van der Waals surface area contributed by atoms with Gasteiger partial charge in [-0.1, -0.05) is 0 Å². The highest BCUT2D eigenvalue weighted by molar-refractivity contribution is 9.10. The monoisotopic (exact) mass is 279 g/mol. The van der Waals surface area contributed by atoms with Crippen LogP contribution in [-0.2, 0) is 0 Å². The van der Waals surface area contributed by atoms with Crippen molar-refractivity contribution >= 4 is 21.6 Å². The molecule has 1 aliphatic rings. The van der Waals surface area contributed by atoms with Gasteiger partial charge in [-0.15, -0.1) is 0 Å². The first-order valence-corrected chi connectivity index (χ1v) is 6.38. The Morgan fingerprint density at radius 3 is 3.06 bits per heavy atom. The Labute approximate surface area is 103 Å². The molecule has 0 bridgehead atoms. The molecular weight excluding hydrogens is 266 g/mol. The summed E-state index contributed by atoms with van der Waals surface area (Å²) in [5.74, 6) is 0. The molecule has 0 saturated carbocycles. The zero-order chi connectivity index (χ0) is 11.1. The van der Waals surface area contributed by atoms with Crippen molar-refractivity contribution in [1.82, 2.24) is 14.3 Å². The summed E-state index contributed by atoms with van der Waals surface area (Å²) < 4.78 is 3.15. The summed E-state index contributed by atoms with van der Waals surface area (Å²) in [6.07, 6.45) is 6.69. The van der Waals surface area contributed by atoms with Crippen molar-refractivity contribution in [2.45, 2.75) is 18.9 Å². The average molecular weight is 280 g/mol. The van der Waals surface area contributed by atoms with E-state index in [-0.39, 0.29) is 0 Å². The number of likely N-dealkylation sites (tertiary alicyclic amines) is 1. The van der Waals surface area contributed by atoms with Gasteiger partial charge >= 0.3 is 0 Å². The highest BCUT2D eigenvalue weighted by Gasteiger charge is 2.24. The second kappa shape index (κ2) is 3.86. The zero-order valence-corrected chi connectivity index (χ0v) is 10.8. The van der Waals surface area contributed by atoms with Gasteiger partial charge < -0.3 is 4.40 Å². The molecule has 0 N–H and O–H groups in total. The Morgan fingerprint density at radius 1 is 1.50 bits per heavy atom. The minimum atomic E-state index is 0.492. The quantitative estimate of drug-likeness (QED) is 0.800. The molecule has 0 aliphatic carbocycles. The second-order valence-corrected chi connectivity index (χ2v) is 5.25. The molecule has 2 aromatic rings. The van der Waals surface area contributed by atoms with Gasteiger partial charge in [0, 0.05) is 12.4 Å². The van der Waals surface area contributed by atoms with Crippen LogP contribution in [0.25, 0.3) is 5.65 Å². The van der Waals surface area contributed by atoms with Crippen molar-refractivity contribution in [1.29, 1.82) is 0 Å². The molecular formula is C12H14BrN3. The lowest BCUT2D eigenvalue weighted by Gasteiger charge is -2.16. The van der Waals surface area contributed by atoms with Gasteiger partial charge in [-0.25, -0.2) is 4.98 Å². The molecule has 2 aromatic heterocycles. The standard InChI is InChI=1S/C12H14BrN3/c1-15-6-3-5-11(15)10-8-16-7-2-4-9(13)12(16)14-10/h2,4,7-8,11H,3,5-6H2,1H3/t11-/m0/s1. The third-order valence-electron chi connectivity index (χ3n) is 3.32. The van der Waals surface area contributed by atoms with Gasteiger partial charge in [-0.3, -0.25) is 4.90 Å². The number of pyridine rings is 1. The molecule has 0 aromatic carbocycles. The second-order valence-electron chi connectivity index (χ2n) is 4.39. The normalized spacial score (nSPS) is 22.0. The highest BCUT2D eigenvalue weighted by atomic mass is 79.9. The fourth-order valence-electron chi connectivity index (χ4n) is 2.44. The van der Waals surface area contributed by atoms with Gasteiger partial charge in [-0.2, -0.15) is 0 Å². The number of nitrogens with zero attached hydrogens (tertiary/aromatic N) is 3. The molecule has 3 rings (SSSR count). The molecule has 1 saturated heterocycles. The molecule has 1 fully saturated rings. The van der Waals surface area contributed by atoms with Crippen LogP contribution in [0.2, 0.25) is 0 Å². The molecule has 1 aliphatic heterocycles. The number of hydrogen-bond donors (Lipinski definition) is 0. The van der Waals surface area contributed by atoms with Crippen LogP contribution in [-0.4, -0.2) is 27.9 Å². The van der Waals surface area contributed by atoms with Crippen molar-refractivity contribution in [2.24, 2.45) is 0 Å². The van der Waals surface area contributed by atoms with Gasteiger partial charge in [0.05, 0.1) is 16.2 Å². The molecule has 0 amide bonds. The molecule has 1 atom stereocenters. The molecule has 16 heavy (non-hydrogen) atoms. The molecule has 3 nitrogen and oxygen atoms in total. The van der Waals surface area contributed by atoms with Gasteiger partial charge in [0.15, 0.2) is 5.65 Å². The van der Waals surface area contributed by atoms with Crippen molar-refractivity contribution in [3.8, 4) is 0 Å². The van der Waals surface area contributed by atoms with E-state index < -0.39 is 0 Å². The first kappa shape index (κ1) is 10.3. The summed E-state index contributed by atoms with van der Waals surface area (Å²) >= 11 is 3.54. The summed E-state index contributed by atoms with van der Waals surface area (Å²) in [5.41, 5.74) is 2.20. The summed E-state index contributed by atoms with van der Waals surface area (Å²) in [6, 6.07) is 4.55. The summed E-state index contributed by atoms with van der Waals surface area (Å²) in [7, 11) is 2.18. The van der Waals surface area contributed by atoms with E-state index in [2.05, 4.69) is 38.5 Å². The lowest BCUT2D eigenvalue weighted by Crippen LogP contribution is -2.17. The van der Waals surface area contributed by atoms with E-state index in [1.807, 2.05) is 18.3 Å². The van der Waals surface area contributed by atoms with Crippen molar-refractivity contribution in [3.63, 3.8) is 0 Å². The van der Waals surface area contributed by atoms with Crippen molar-refractivity contribution in [2.75, 3.05) is 13.6 Å². The van der Waals surface area contributed by atoms with Gasteiger partial charge in [0.25, 0.3) is 0 Å². The highest BCUT2D eigenvalue weighted by Crippen LogP contribution is 2.30. The van der Waals surface area contributed by atoms with E-state index >= 15 is 0 Å². The van der Waals surface area contributed by atoms with E-state index in [4.69, 9.17) is 4.98 Å². The number of halogens is 1. The van der Waals surface area contributed by atoms with E-state index in [1.165, 1.54) is 25.1 Å². The first-order chi connectivity index (χ1) is 7.75. The maximum atomic E-state index is 4.72. The predicted molar refractivity (Wildman–Crippen MR) is 67.5 cm³/mol. The smallest absolute Gasteiger partial charge is 0.151 e. The average Bonchev–Trinajstić information content (AvgIpc) is 2.84. The molecule has 84 valence electrons. The summed E-state index contributed by atoms with van der Waals surface area (Å²) in [5, 5.41) is 0. The Hall–Kier alpha value is -0.870. The van der Waals surface area contributed by atoms with E-state index in [1.54, 1.807) is 0 Å². The maximum absolute atomic E-state index is 4.72. The predicted octanol–water partition coefficient (Wildman–Crippen LogP) is 2.86. The zero-order valence-electron chi connectivity index (χ0n) is 9.23. The number of rotatable bonds is 1. The largest absolute Gasteiger partial charge is 0.306 e. The Balaban J connectivity index is 2.08. The fraction of sp³-hybridized carbons (Fsp3) is 0.417. The van der Waals surface area contributed by atoms with Gasteiger partial charge in [0.1, 0.15) is 0 Å². The Morgan fingerprint density at radius 2 is 2.38 bits per heavy atom. The lowest BCUT2D eigenvalue weighted by atomic mass is 10.2. The van der Waals surface area contributed by atoms with Crippen LogP contribution in [0.15, 0.2) is 29.0 Å². The van der Waals surface area contributed by atoms with Crippen LogP contribution in [0.5, 0.6) is 0 Å². The minimum Gasteiger partial charge on any atom is -0.306 e. The topological polar surface area (TPSA) is 20.5 Å². The third-order valence-corrected chi connectivity index (χ3v) is 3.93. The lowest BCUT2D eigenvalue weighted by molar-refractivity contribution is 0.313. The molecule has 0 spiro atoms. The molecule has 0 radical (unpaired) electrons. The SMILES string of the molecule is CN1CCC[C@H]1c1cn2cccc(Br)c2n1. The van der Waals surface area contributed by atoms with Gasteiger partial charge in [-0.05, 0) is 54.5 Å². The van der Waals surface area contributed by atoms with Crippen LogP contribution in [0.3, 0.4) is 0 Å². The molecule has 0 unspecified atom stereocenters. The van der Waals surface area contributed by atoms with Crippen LogP contribution in [0, 0.1) is 0 Å². The van der Waals surface area contributed by atoms with Crippen LogP contribution in [0.4, 0.5) is 0 Å². The Bertz CT molecular complexity index is 520. The number of hydrogen-bond acceptors (Lipinski definition) is 2. The third kappa shape index (κ3) is 1.57.